The van der Waals surface area contributed by atoms with Crippen molar-refractivity contribution in [2.45, 2.75) is 0 Å². The lowest BCUT2D eigenvalue weighted by atomic mass is 10.2. The first-order chi connectivity index (χ1) is 9.15. The molecule has 1 aromatic carbocycles. The molecule has 0 saturated carbocycles. The Bertz CT molecular complexity index is 663. The molecule has 2 aromatic rings. The Labute approximate surface area is 106 Å². The van der Waals surface area contributed by atoms with Crippen LogP contribution >= 0.6 is 0 Å². The molecule has 2 rings (SSSR count). The molecule has 0 bridgehead atoms. The molecule has 96 valence electrons. The molecule has 1 heterocycles. The van der Waals surface area contributed by atoms with Crippen molar-refractivity contribution in [1.82, 2.24) is 15.2 Å². The third-order valence-corrected chi connectivity index (χ3v) is 2.07. The quantitative estimate of drug-likeness (QED) is 0.468. The molecule has 1 aromatic heterocycles. The van der Waals surface area contributed by atoms with Crippen molar-refractivity contribution >= 4 is 17.7 Å². The molecule has 0 atom stereocenters. The number of nitrogens with one attached hydrogen (secondary N) is 2. The summed E-state index contributed by atoms with van der Waals surface area (Å²) in [5.74, 6) is 0.196. The number of aromatic amines is 1. The lowest BCUT2D eigenvalue weighted by molar-refractivity contribution is -0.384. The molecule has 2 N–H and O–H groups in total. The van der Waals surface area contributed by atoms with Crippen molar-refractivity contribution in [2.24, 2.45) is 5.10 Å². The van der Waals surface area contributed by atoms with E-state index in [4.69, 9.17) is 0 Å². The van der Waals surface area contributed by atoms with E-state index < -0.39 is 10.6 Å². The Hall–Kier alpha value is -3.10. The van der Waals surface area contributed by atoms with Gasteiger partial charge in [0.15, 0.2) is 5.82 Å². The average molecular weight is 260 g/mol. The van der Waals surface area contributed by atoms with Crippen molar-refractivity contribution < 1.29 is 4.92 Å². The maximum Gasteiger partial charge on any atom is 0.363 e. The summed E-state index contributed by atoms with van der Waals surface area (Å²) in [5.41, 5.74) is 2.59. The highest BCUT2D eigenvalue weighted by Gasteiger charge is 2.02. The molecule has 0 aliphatic heterocycles. The monoisotopic (exact) mass is 260 g/mol. The molecule has 0 amide bonds. The normalized spacial score (nSPS) is 10.5. The molecule has 19 heavy (non-hydrogen) atoms. The predicted molar refractivity (Wildman–Crippen MR) is 67.0 cm³/mol. The Morgan fingerprint density at radius 1 is 1.37 bits per heavy atom. The highest BCUT2D eigenvalue weighted by Crippen LogP contribution is 2.10. The lowest BCUT2D eigenvalue weighted by Gasteiger charge is -1.96. The van der Waals surface area contributed by atoms with E-state index in [-0.39, 0.29) is 11.5 Å². The Balaban J connectivity index is 2.03. The lowest BCUT2D eigenvalue weighted by Crippen LogP contribution is -2.13. The largest absolute Gasteiger partial charge is 0.363 e. The molecule has 0 unspecified atom stereocenters. The van der Waals surface area contributed by atoms with Crippen LogP contribution in [0.15, 0.2) is 40.4 Å². The number of hydrogen-bond donors (Lipinski definition) is 2. The van der Waals surface area contributed by atoms with E-state index in [0.717, 1.165) is 0 Å². The zero-order chi connectivity index (χ0) is 13.7. The smallest absolute Gasteiger partial charge is 0.260 e. The summed E-state index contributed by atoms with van der Waals surface area (Å²) in [4.78, 5) is 24.4. The fourth-order valence-corrected chi connectivity index (χ4v) is 1.22. The van der Waals surface area contributed by atoms with Gasteiger partial charge in [0.1, 0.15) is 0 Å². The maximum absolute atomic E-state index is 10.8. The fraction of sp³-hybridized carbons (Fsp3) is 0. The molecular formula is C10H8N6O3. The van der Waals surface area contributed by atoms with Crippen LogP contribution in [0.4, 0.5) is 11.5 Å². The zero-order valence-electron chi connectivity index (χ0n) is 9.48. The third-order valence-electron chi connectivity index (χ3n) is 2.07. The summed E-state index contributed by atoms with van der Waals surface area (Å²) >= 11 is 0. The minimum absolute atomic E-state index is 0.00516. The second-order valence-electron chi connectivity index (χ2n) is 3.39. The van der Waals surface area contributed by atoms with Gasteiger partial charge in [0.25, 0.3) is 5.69 Å². The Morgan fingerprint density at radius 3 is 2.74 bits per heavy atom. The molecular weight excluding hydrogens is 252 g/mol. The minimum atomic E-state index is -0.587. The topological polar surface area (TPSA) is 126 Å². The van der Waals surface area contributed by atoms with E-state index in [1.54, 1.807) is 12.1 Å². The van der Waals surface area contributed by atoms with Gasteiger partial charge in [-0.15, -0.1) is 0 Å². The summed E-state index contributed by atoms with van der Waals surface area (Å²) in [7, 11) is 0. The van der Waals surface area contributed by atoms with Gasteiger partial charge in [0.05, 0.1) is 17.3 Å². The van der Waals surface area contributed by atoms with Crippen molar-refractivity contribution in [3.8, 4) is 0 Å². The number of nitro benzene ring substituents is 1. The van der Waals surface area contributed by atoms with E-state index in [1.165, 1.54) is 24.5 Å². The summed E-state index contributed by atoms with van der Waals surface area (Å²) in [6, 6.07) is 5.84. The van der Waals surface area contributed by atoms with Crippen LogP contribution in [-0.4, -0.2) is 26.3 Å². The summed E-state index contributed by atoms with van der Waals surface area (Å²) in [6.45, 7) is 0. The SMILES string of the molecule is O=c1nc(NN=Cc2ccc([N+](=O)[O-])cc2)cn[nH]1. The number of anilines is 1. The number of nitrogens with zero attached hydrogens (tertiary/aromatic N) is 4. The highest BCUT2D eigenvalue weighted by atomic mass is 16.6. The number of hydrazone groups is 1. The van der Waals surface area contributed by atoms with Gasteiger partial charge in [-0.3, -0.25) is 15.5 Å². The van der Waals surface area contributed by atoms with Gasteiger partial charge in [-0.05, 0) is 17.7 Å². The van der Waals surface area contributed by atoms with E-state index in [2.05, 4.69) is 25.7 Å². The van der Waals surface area contributed by atoms with Crippen LogP contribution in [0.2, 0.25) is 0 Å². The number of aromatic nitrogens is 3. The molecule has 0 saturated heterocycles. The predicted octanol–water partition coefficient (Wildman–Crippen LogP) is 0.519. The second-order valence-corrected chi connectivity index (χ2v) is 3.39. The summed E-state index contributed by atoms with van der Waals surface area (Å²) < 4.78 is 0. The van der Waals surface area contributed by atoms with Crippen LogP contribution in [0.25, 0.3) is 0 Å². The van der Waals surface area contributed by atoms with Crippen molar-refractivity contribution in [1.29, 1.82) is 0 Å². The van der Waals surface area contributed by atoms with E-state index in [1.807, 2.05) is 0 Å². The maximum atomic E-state index is 10.8. The van der Waals surface area contributed by atoms with Gasteiger partial charge in [-0.25, -0.2) is 9.89 Å². The number of non-ortho nitro benzene ring substituents is 1. The Morgan fingerprint density at radius 2 is 2.11 bits per heavy atom. The molecule has 0 radical (unpaired) electrons. The van der Waals surface area contributed by atoms with Crippen molar-refractivity contribution in [3.63, 3.8) is 0 Å². The van der Waals surface area contributed by atoms with Gasteiger partial charge in [-0.2, -0.15) is 15.2 Å². The van der Waals surface area contributed by atoms with Crippen LogP contribution in [0.3, 0.4) is 0 Å². The molecule has 9 nitrogen and oxygen atoms in total. The Kier molecular flexibility index (Phi) is 3.57. The zero-order valence-corrected chi connectivity index (χ0v) is 9.48. The van der Waals surface area contributed by atoms with Gasteiger partial charge in [0.2, 0.25) is 0 Å². The van der Waals surface area contributed by atoms with Gasteiger partial charge in [0, 0.05) is 12.1 Å². The van der Waals surface area contributed by atoms with Gasteiger partial charge >= 0.3 is 5.69 Å². The van der Waals surface area contributed by atoms with Crippen LogP contribution < -0.4 is 11.1 Å². The number of benzene rings is 1. The van der Waals surface area contributed by atoms with Crippen LogP contribution in [-0.2, 0) is 0 Å². The number of hydrogen-bond acceptors (Lipinski definition) is 7. The fourth-order valence-electron chi connectivity index (χ4n) is 1.22. The first kappa shape index (κ1) is 12.4. The van der Waals surface area contributed by atoms with Gasteiger partial charge in [-0.1, -0.05) is 0 Å². The number of nitro groups is 1. The van der Waals surface area contributed by atoms with E-state index in [0.29, 0.717) is 5.56 Å². The van der Waals surface area contributed by atoms with E-state index in [9.17, 15) is 14.9 Å². The third kappa shape index (κ3) is 3.43. The highest BCUT2D eigenvalue weighted by molar-refractivity contribution is 5.80. The van der Waals surface area contributed by atoms with Crippen LogP contribution in [0.5, 0.6) is 0 Å². The van der Waals surface area contributed by atoms with Gasteiger partial charge < -0.3 is 0 Å². The second kappa shape index (κ2) is 5.49. The summed E-state index contributed by atoms with van der Waals surface area (Å²) in [5, 5.41) is 19.9. The molecule has 0 spiro atoms. The minimum Gasteiger partial charge on any atom is -0.260 e. The van der Waals surface area contributed by atoms with Crippen LogP contribution in [0, 0.1) is 10.1 Å². The first-order valence-corrected chi connectivity index (χ1v) is 5.10. The standard InChI is InChI=1S/C10H8N6O3/c17-10-13-9(6-12-15-10)14-11-5-7-1-3-8(4-2-7)16(18)19/h1-6H,(H2,13,14,15,17). The number of rotatable bonds is 4. The van der Waals surface area contributed by atoms with Crippen molar-refractivity contribution in [2.75, 3.05) is 5.43 Å². The molecule has 0 fully saturated rings. The first-order valence-electron chi connectivity index (χ1n) is 5.10. The van der Waals surface area contributed by atoms with E-state index >= 15 is 0 Å². The summed E-state index contributed by atoms with van der Waals surface area (Å²) in [6.07, 6.45) is 2.74. The molecule has 0 aliphatic carbocycles. The average Bonchev–Trinajstić information content (AvgIpc) is 2.39. The van der Waals surface area contributed by atoms with Crippen LogP contribution in [0.1, 0.15) is 5.56 Å². The molecule has 9 heteroatoms. The van der Waals surface area contributed by atoms with Crippen molar-refractivity contribution in [3.05, 3.63) is 56.6 Å². The number of H-pyrrole nitrogens is 1. The molecule has 0 aliphatic rings.